The molecule has 0 radical (unpaired) electrons. The minimum Gasteiger partial charge on any atom is -0.377 e. The van der Waals surface area contributed by atoms with Crippen molar-refractivity contribution in [1.82, 2.24) is 15.3 Å². The number of hydrogen-bond acceptors (Lipinski definition) is 7. The summed E-state index contributed by atoms with van der Waals surface area (Å²) in [5.41, 5.74) is 0.308. The standard InChI is InChI=1S/C20H24FN5O4S/c1-12-11-30-8-7-26(12)18-10-16(15-9-13(21)3-6-17(15)31(2,28)29)23-19(24-18)25-20(27)22-14-4-5-14/h3,6,9-10,12,14H,4-5,7-8,11H2,1-2H3,(H2,22,23,24,25,27). The minimum atomic E-state index is -3.65. The monoisotopic (exact) mass is 449 g/mol. The van der Waals surface area contributed by atoms with E-state index in [0.717, 1.165) is 31.2 Å². The Morgan fingerprint density at radius 2 is 2.03 bits per heavy atom. The van der Waals surface area contributed by atoms with Crippen LogP contribution < -0.4 is 15.5 Å². The van der Waals surface area contributed by atoms with Gasteiger partial charge in [0.05, 0.1) is 29.8 Å². The summed E-state index contributed by atoms with van der Waals surface area (Å²) in [5.74, 6) is -0.0948. The van der Waals surface area contributed by atoms with Crippen LogP contribution in [0.4, 0.5) is 21.0 Å². The summed E-state index contributed by atoms with van der Waals surface area (Å²) in [6, 6.07) is 4.74. The highest BCUT2D eigenvalue weighted by atomic mass is 32.2. The number of nitrogens with one attached hydrogen (secondary N) is 2. The number of nitrogens with zero attached hydrogens (tertiary/aromatic N) is 3. The van der Waals surface area contributed by atoms with Crippen molar-refractivity contribution >= 4 is 27.6 Å². The summed E-state index contributed by atoms with van der Waals surface area (Å²) in [4.78, 5) is 23.0. The number of carbonyl (C=O) groups is 1. The molecule has 1 unspecified atom stereocenters. The van der Waals surface area contributed by atoms with Gasteiger partial charge in [0.25, 0.3) is 0 Å². The number of aromatic nitrogens is 2. The average molecular weight is 450 g/mol. The molecule has 2 aromatic rings. The lowest BCUT2D eigenvalue weighted by Gasteiger charge is -2.34. The van der Waals surface area contributed by atoms with E-state index < -0.39 is 21.7 Å². The number of urea groups is 1. The molecule has 9 nitrogen and oxygen atoms in total. The molecule has 1 atom stereocenters. The first-order chi connectivity index (χ1) is 14.7. The third kappa shape index (κ3) is 5.10. The first-order valence-corrected chi connectivity index (χ1v) is 11.9. The minimum absolute atomic E-state index is 0.00604. The molecule has 2 heterocycles. The van der Waals surface area contributed by atoms with Crippen LogP contribution in [0.2, 0.25) is 0 Å². The second-order valence-corrected chi connectivity index (χ2v) is 9.82. The summed E-state index contributed by atoms with van der Waals surface area (Å²) in [6.45, 7) is 3.54. The van der Waals surface area contributed by atoms with Gasteiger partial charge in [0.1, 0.15) is 11.6 Å². The number of morpholine rings is 1. The number of carbonyl (C=O) groups excluding carboxylic acids is 1. The average Bonchev–Trinajstić information content (AvgIpc) is 3.51. The maximum Gasteiger partial charge on any atom is 0.321 e. The van der Waals surface area contributed by atoms with Gasteiger partial charge in [0.2, 0.25) is 5.95 Å². The van der Waals surface area contributed by atoms with Crippen LogP contribution in [-0.4, -0.2) is 62.5 Å². The second-order valence-electron chi connectivity index (χ2n) is 7.84. The molecule has 2 aliphatic rings. The first kappa shape index (κ1) is 21.4. The van der Waals surface area contributed by atoms with Gasteiger partial charge in [-0.05, 0) is 38.0 Å². The van der Waals surface area contributed by atoms with E-state index in [9.17, 15) is 17.6 Å². The van der Waals surface area contributed by atoms with E-state index in [2.05, 4.69) is 20.6 Å². The predicted molar refractivity (Wildman–Crippen MR) is 113 cm³/mol. The molecule has 0 bridgehead atoms. The molecule has 1 aliphatic heterocycles. The Balaban J connectivity index is 1.79. The number of sulfone groups is 1. The normalized spacial score (nSPS) is 19.2. The molecule has 31 heavy (non-hydrogen) atoms. The van der Waals surface area contributed by atoms with Gasteiger partial charge in [0, 0.05) is 30.5 Å². The van der Waals surface area contributed by atoms with Crippen LogP contribution in [0.3, 0.4) is 0 Å². The van der Waals surface area contributed by atoms with Gasteiger partial charge in [-0.2, -0.15) is 4.98 Å². The van der Waals surface area contributed by atoms with E-state index >= 15 is 0 Å². The molecule has 2 N–H and O–H groups in total. The highest BCUT2D eigenvalue weighted by Crippen LogP contribution is 2.31. The zero-order chi connectivity index (χ0) is 22.2. The van der Waals surface area contributed by atoms with Gasteiger partial charge in [0.15, 0.2) is 9.84 Å². The van der Waals surface area contributed by atoms with Gasteiger partial charge >= 0.3 is 6.03 Å². The fourth-order valence-corrected chi connectivity index (χ4v) is 4.30. The number of amides is 2. The van der Waals surface area contributed by atoms with Crippen LogP contribution in [0, 0.1) is 5.82 Å². The van der Waals surface area contributed by atoms with Crippen LogP contribution in [-0.2, 0) is 14.6 Å². The zero-order valence-electron chi connectivity index (χ0n) is 17.3. The van der Waals surface area contributed by atoms with E-state index in [1.807, 2.05) is 11.8 Å². The van der Waals surface area contributed by atoms with Gasteiger partial charge in [-0.1, -0.05) is 0 Å². The molecule has 1 aromatic carbocycles. The molecule has 166 valence electrons. The van der Waals surface area contributed by atoms with Crippen LogP contribution in [0.15, 0.2) is 29.2 Å². The molecular weight excluding hydrogens is 425 g/mol. The molecule has 1 aromatic heterocycles. The Labute approximate surface area is 179 Å². The summed E-state index contributed by atoms with van der Waals surface area (Å²) >= 11 is 0. The molecular formula is C20H24FN5O4S. The fraction of sp³-hybridized carbons (Fsp3) is 0.450. The van der Waals surface area contributed by atoms with Crippen molar-refractivity contribution in [3.63, 3.8) is 0 Å². The molecule has 1 saturated carbocycles. The van der Waals surface area contributed by atoms with Crippen LogP contribution >= 0.6 is 0 Å². The van der Waals surface area contributed by atoms with Crippen molar-refractivity contribution in [3.8, 4) is 11.3 Å². The third-order valence-corrected chi connectivity index (χ3v) is 6.28. The van der Waals surface area contributed by atoms with Crippen molar-refractivity contribution in [3.05, 3.63) is 30.1 Å². The number of rotatable bonds is 5. The van der Waals surface area contributed by atoms with Gasteiger partial charge < -0.3 is 15.0 Å². The fourth-order valence-electron chi connectivity index (χ4n) is 3.42. The smallest absolute Gasteiger partial charge is 0.321 e. The Morgan fingerprint density at radius 3 is 2.71 bits per heavy atom. The summed E-state index contributed by atoms with van der Waals surface area (Å²) in [6.07, 6.45) is 2.90. The number of ether oxygens (including phenoxy) is 1. The Morgan fingerprint density at radius 1 is 1.26 bits per heavy atom. The van der Waals surface area contributed by atoms with Crippen LogP contribution in [0.25, 0.3) is 11.3 Å². The molecule has 1 saturated heterocycles. The highest BCUT2D eigenvalue weighted by Gasteiger charge is 2.26. The zero-order valence-corrected chi connectivity index (χ0v) is 18.1. The van der Waals surface area contributed by atoms with Crippen LogP contribution in [0.1, 0.15) is 19.8 Å². The van der Waals surface area contributed by atoms with Crippen molar-refractivity contribution in [2.45, 2.75) is 36.7 Å². The van der Waals surface area contributed by atoms with Crippen LogP contribution in [0.5, 0.6) is 0 Å². The van der Waals surface area contributed by atoms with Crippen molar-refractivity contribution in [2.24, 2.45) is 0 Å². The van der Waals surface area contributed by atoms with Gasteiger partial charge in [-0.3, -0.25) is 5.32 Å². The van der Waals surface area contributed by atoms with E-state index in [-0.39, 0.29) is 34.2 Å². The van der Waals surface area contributed by atoms with E-state index in [1.54, 1.807) is 6.07 Å². The quantitative estimate of drug-likeness (QED) is 0.673. The topological polar surface area (TPSA) is 114 Å². The SMILES string of the molecule is CC1COCCN1c1cc(-c2cc(F)ccc2S(C)(=O)=O)nc(NC(=O)NC2CC2)n1. The predicted octanol–water partition coefficient (Wildman–Crippen LogP) is 2.20. The Kier molecular flexibility index (Phi) is 5.80. The maximum atomic E-state index is 14.1. The lowest BCUT2D eigenvalue weighted by molar-refractivity contribution is 0.0985. The molecule has 2 fully saturated rings. The van der Waals surface area contributed by atoms with E-state index in [0.29, 0.717) is 25.6 Å². The maximum absolute atomic E-state index is 14.1. The number of halogens is 1. The third-order valence-electron chi connectivity index (χ3n) is 5.13. The molecule has 2 amide bonds. The Bertz CT molecular complexity index is 1110. The van der Waals surface area contributed by atoms with Crippen molar-refractivity contribution in [1.29, 1.82) is 0 Å². The Hall–Kier alpha value is -2.79. The molecule has 0 spiro atoms. The largest absolute Gasteiger partial charge is 0.377 e. The van der Waals surface area contributed by atoms with E-state index in [4.69, 9.17) is 4.74 Å². The summed E-state index contributed by atoms with van der Waals surface area (Å²) < 4.78 is 44.1. The number of hydrogen-bond donors (Lipinski definition) is 2. The highest BCUT2D eigenvalue weighted by molar-refractivity contribution is 7.90. The molecule has 4 rings (SSSR count). The summed E-state index contributed by atoms with van der Waals surface area (Å²) in [7, 11) is -3.65. The van der Waals surface area contributed by atoms with Gasteiger partial charge in [-0.15, -0.1) is 0 Å². The summed E-state index contributed by atoms with van der Waals surface area (Å²) in [5, 5.41) is 5.41. The van der Waals surface area contributed by atoms with Gasteiger partial charge in [-0.25, -0.2) is 22.6 Å². The van der Waals surface area contributed by atoms with Crippen molar-refractivity contribution in [2.75, 3.05) is 36.2 Å². The van der Waals surface area contributed by atoms with Crippen molar-refractivity contribution < 1.29 is 22.3 Å². The lowest BCUT2D eigenvalue weighted by Crippen LogP contribution is -2.44. The van der Waals surface area contributed by atoms with E-state index in [1.165, 1.54) is 6.07 Å². The number of benzene rings is 1. The lowest BCUT2D eigenvalue weighted by atomic mass is 10.1. The second kappa shape index (κ2) is 8.39. The first-order valence-electron chi connectivity index (χ1n) is 10.0. The molecule has 1 aliphatic carbocycles. The molecule has 11 heteroatoms. The number of anilines is 2.